The van der Waals surface area contributed by atoms with E-state index in [9.17, 15) is 13.2 Å². The van der Waals surface area contributed by atoms with Crippen LogP contribution < -0.4 is 10.0 Å². The molecule has 0 bridgehead atoms. The summed E-state index contributed by atoms with van der Waals surface area (Å²) in [6.07, 6.45) is 2.34. The summed E-state index contributed by atoms with van der Waals surface area (Å²) in [6.45, 7) is 3.60. The molecule has 1 saturated carbocycles. The lowest BCUT2D eigenvalue weighted by molar-refractivity contribution is -0.120. The lowest BCUT2D eigenvalue weighted by Gasteiger charge is -2.10. The van der Waals surface area contributed by atoms with E-state index >= 15 is 0 Å². The number of anilines is 1. The SMILES string of the molecule is C=CC1C[C@@H]1C(=O)NS(=O)(=O)c1ccccc1NC. The lowest BCUT2D eigenvalue weighted by Crippen LogP contribution is -2.32. The maximum atomic E-state index is 12.2. The molecule has 102 valence electrons. The highest BCUT2D eigenvalue weighted by molar-refractivity contribution is 7.90. The van der Waals surface area contributed by atoms with Crippen LogP contribution in [0.1, 0.15) is 6.42 Å². The van der Waals surface area contributed by atoms with Crippen molar-refractivity contribution in [3.63, 3.8) is 0 Å². The highest BCUT2D eigenvalue weighted by Gasteiger charge is 2.42. The number of allylic oxidation sites excluding steroid dienone is 1. The molecule has 1 aromatic carbocycles. The Kier molecular flexibility index (Phi) is 3.61. The molecule has 6 heteroatoms. The fourth-order valence-electron chi connectivity index (χ4n) is 1.95. The van der Waals surface area contributed by atoms with Gasteiger partial charge in [-0.15, -0.1) is 6.58 Å². The minimum atomic E-state index is -3.84. The zero-order valence-electron chi connectivity index (χ0n) is 10.6. The number of rotatable bonds is 5. The van der Waals surface area contributed by atoms with Gasteiger partial charge in [-0.1, -0.05) is 18.2 Å². The molecule has 0 radical (unpaired) electrons. The Hall–Kier alpha value is -1.82. The number of benzene rings is 1. The van der Waals surface area contributed by atoms with E-state index < -0.39 is 15.9 Å². The van der Waals surface area contributed by atoms with Crippen molar-refractivity contribution in [2.75, 3.05) is 12.4 Å². The van der Waals surface area contributed by atoms with E-state index in [0.717, 1.165) is 0 Å². The summed E-state index contributed by atoms with van der Waals surface area (Å²) in [5, 5.41) is 2.79. The van der Waals surface area contributed by atoms with Crippen molar-refractivity contribution in [1.29, 1.82) is 0 Å². The van der Waals surface area contributed by atoms with Crippen LogP contribution in [0.15, 0.2) is 41.8 Å². The number of para-hydroxylation sites is 1. The van der Waals surface area contributed by atoms with Crippen LogP contribution in [0.4, 0.5) is 5.69 Å². The van der Waals surface area contributed by atoms with Crippen molar-refractivity contribution in [2.24, 2.45) is 11.8 Å². The van der Waals surface area contributed by atoms with E-state index in [2.05, 4.69) is 16.6 Å². The van der Waals surface area contributed by atoms with Crippen LogP contribution in [0, 0.1) is 11.8 Å². The molecule has 1 aliphatic rings. The second kappa shape index (κ2) is 5.05. The molecule has 1 amide bonds. The van der Waals surface area contributed by atoms with Gasteiger partial charge in [-0.05, 0) is 24.5 Å². The molecule has 2 rings (SSSR count). The molecular weight excluding hydrogens is 264 g/mol. The van der Waals surface area contributed by atoms with Crippen LogP contribution in [0.25, 0.3) is 0 Å². The average Bonchev–Trinajstić information content (AvgIpc) is 3.17. The van der Waals surface area contributed by atoms with Crippen LogP contribution in [0.2, 0.25) is 0 Å². The fourth-order valence-corrected chi connectivity index (χ4v) is 3.19. The summed E-state index contributed by atoms with van der Waals surface area (Å²) in [4.78, 5) is 11.9. The first-order valence-corrected chi connectivity index (χ1v) is 7.44. The molecule has 1 fully saturated rings. The number of hydrogen-bond donors (Lipinski definition) is 2. The third-order valence-corrected chi connectivity index (χ3v) is 4.57. The molecule has 2 N–H and O–H groups in total. The Bertz CT molecular complexity index is 610. The zero-order chi connectivity index (χ0) is 14.0. The third kappa shape index (κ3) is 2.78. The van der Waals surface area contributed by atoms with Crippen LogP contribution in [-0.4, -0.2) is 21.4 Å². The van der Waals surface area contributed by atoms with E-state index in [1.165, 1.54) is 6.07 Å². The monoisotopic (exact) mass is 280 g/mol. The van der Waals surface area contributed by atoms with Crippen LogP contribution >= 0.6 is 0 Å². The smallest absolute Gasteiger partial charge is 0.266 e. The van der Waals surface area contributed by atoms with E-state index in [4.69, 9.17) is 0 Å². The molecule has 0 aliphatic heterocycles. The van der Waals surface area contributed by atoms with Gasteiger partial charge in [-0.3, -0.25) is 4.79 Å². The predicted molar refractivity (Wildman–Crippen MR) is 73.1 cm³/mol. The number of hydrogen-bond acceptors (Lipinski definition) is 4. The highest BCUT2D eigenvalue weighted by atomic mass is 32.2. The minimum Gasteiger partial charge on any atom is -0.387 e. The van der Waals surface area contributed by atoms with E-state index in [1.54, 1.807) is 31.3 Å². The number of nitrogens with one attached hydrogen (secondary N) is 2. The lowest BCUT2D eigenvalue weighted by atomic mass is 10.3. The molecule has 2 atom stereocenters. The first kappa shape index (κ1) is 13.6. The Labute approximate surface area is 112 Å². The van der Waals surface area contributed by atoms with E-state index in [-0.39, 0.29) is 16.7 Å². The molecule has 1 unspecified atom stereocenters. The predicted octanol–water partition coefficient (Wildman–Crippen LogP) is 1.36. The van der Waals surface area contributed by atoms with Crippen molar-refractivity contribution in [1.82, 2.24) is 4.72 Å². The highest BCUT2D eigenvalue weighted by Crippen LogP contribution is 2.39. The molecule has 5 nitrogen and oxygen atoms in total. The van der Waals surface area contributed by atoms with Crippen molar-refractivity contribution in [2.45, 2.75) is 11.3 Å². The van der Waals surface area contributed by atoms with Gasteiger partial charge in [0.25, 0.3) is 10.0 Å². The third-order valence-electron chi connectivity index (χ3n) is 3.16. The minimum absolute atomic E-state index is 0.0710. The maximum Gasteiger partial charge on any atom is 0.266 e. The van der Waals surface area contributed by atoms with E-state index in [0.29, 0.717) is 12.1 Å². The van der Waals surface area contributed by atoms with Gasteiger partial charge in [0.15, 0.2) is 0 Å². The molecule has 0 aromatic heterocycles. The molecule has 1 aliphatic carbocycles. The van der Waals surface area contributed by atoms with Gasteiger partial charge in [0.2, 0.25) is 5.91 Å². The zero-order valence-corrected chi connectivity index (χ0v) is 11.4. The van der Waals surface area contributed by atoms with Crippen molar-refractivity contribution in [3.05, 3.63) is 36.9 Å². The van der Waals surface area contributed by atoms with Crippen LogP contribution in [0.3, 0.4) is 0 Å². The summed E-state index contributed by atoms with van der Waals surface area (Å²) in [5.41, 5.74) is 0.457. The van der Waals surface area contributed by atoms with Gasteiger partial charge in [-0.2, -0.15) is 0 Å². The van der Waals surface area contributed by atoms with Gasteiger partial charge < -0.3 is 5.32 Å². The van der Waals surface area contributed by atoms with Crippen molar-refractivity contribution >= 4 is 21.6 Å². The summed E-state index contributed by atoms with van der Waals surface area (Å²) in [6, 6.07) is 6.44. The summed E-state index contributed by atoms with van der Waals surface area (Å²) in [5.74, 6) is -0.639. The molecule has 1 aromatic rings. The average molecular weight is 280 g/mol. The van der Waals surface area contributed by atoms with Crippen molar-refractivity contribution in [3.8, 4) is 0 Å². The van der Waals surface area contributed by atoms with Crippen LogP contribution in [-0.2, 0) is 14.8 Å². The standard InChI is InChI=1S/C13H16N2O3S/c1-3-9-8-10(9)13(16)15-19(17,18)12-7-5-4-6-11(12)14-2/h3-7,9-10,14H,1,8H2,2H3,(H,15,16)/t9?,10-/m0/s1. The normalized spacial score (nSPS) is 21.5. The number of sulfonamides is 1. The molecule has 19 heavy (non-hydrogen) atoms. The number of amides is 1. The molecule has 0 heterocycles. The summed E-state index contributed by atoms with van der Waals surface area (Å²) in [7, 11) is -2.21. The van der Waals surface area contributed by atoms with Crippen molar-refractivity contribution < 1.29 is 13.2 Å². The van der Waals surface area contributed by atoms with Crippen LogP contribution in [0.5, 0.6) is 0 Å². The van der Waals surface area contributed by atoms with Gasteiger partial charge in [0, 0.05) is 13.0 Å². The summed E-state index contributed by atoms with van der Waals surface area (Å²) < 4.78 is 26.4. The maximum absolute atomic E-state index is 12.2. The Morgan fingerprint density at radius 2 is 2.11 bits per heavy atom. The Morgan fingerprint density at radius 3 is 2.68 bits per heavy atom. The quantitative estimate of drug-likeness (QED) is 0.798. The second-order valence-electron chi connectivity index (χ2n) is 4.46. The number of carbonyl (C=O) groups excluding carboxylic acids is 1. The fraction of sp³-hybridized carbons (Fsp3) is 0.308. The topological polar surface area (TPSA) is 75.3 Å². The Morgan fingerprint density at radius 1 is 1.42 bits per heavy atom. The molecule has 0 saturated heterocycles. The van der Waals surface area contributed by atoms with Gasteiger partial charge >= 0.3 is 0 Å². The summed E-state index contributed by atoms with van der Waals surface area (Å²) >= 11 is 0. The molecular formula is C13H16N2O3S. The first-order chi connectivity index (χ1) is 8.99. The Balaban J connectivity index is 2.19. The van der Waals surface area contributed by atoms with Gasteiger partial charge in [0.05, 0.1) is 5.69 Å². The largest absolute Gasteiger partial charge is 0.387 e. The number of carbonyl (C=O) groups is 1. The molecule has 0 spiro atoms. The first-order valence-electron chi connectivity index (χ1n) is 5.95. The van der Waals surface area contributed by atoms with Gasteiger partial charge in [0.1, 0.15) is 4.90 Å². The van der Waals surface area contributed by atoms with E-state index in [1.807, 2.05) is 0 Å². The van der Waals surface area contributed by atoms with Gasteiger partial charge in [-0.25, -0.2) is 13.1 Å². The second-order valence-corrected chi connectivity index (χ2v) is 6.11.